The van der Waals surface area contributed by atoms with E-state index < -0.39 is 23.4 Å². The van der Waals surface area contributed by atoms with Gasteiger partial charge in [-0.1, -0.05) is 19.1 Å². The summed E-state index contributed by atoms with van der Waals surface area (Å²) in [6.07, 6.45) is 0.806. The van der Waals surface area contributed by atoms with Crippen LogP contribution in [0, 0.1) is 11.6 Å². The molecule has 0 bridgehead atoms. The first kappa shape index (κ1) is 23.4. The van der Waals surface area contributed by atoms with E-state index in [4.69, 9.17) is 9.47 Å². The molecule has 0 saturated heterocycles. The third kappa shape index (κ3) is 5.31. The SMILES string of the molecule is CCCOc1ccc(C2=C(Nc3ccc(F)c(F)c3)C(=O)N(CCOC(C)C)C2=O)cc1. The number of amides is 2. The van der Waals surface area contributed by atoms with Gasteiger partial charge in [-0.05, 0) is 50.1 Å². The van der Waals surface area contributed by atoms with Crippen molar-refractivity contribution in [2.24, 2.45) is 0 Å². The van der Waals surface area contributed by atoms with Gasteiger partial charge in [0.2, 0.25) is 0 Å². The summed E-state index contributed by atoms with van der Waals surface area (Å²) >= 11 is 0. The van der Waals surface area contributed by atoms with Gasteiger partial charge in [0.15, 0.2) is 11.6 Å². The van der Waals surface area contributed by atoms with Gasteiger partial charge in [-0.2, -0.15) is 0 Å². The Hall–Kier alpha value is -3.26. The van der Waals surface area contributed by atoms with Crippen LogP contribution in [-0.4, -0.2) is 42.6 Å². The van der Waals surface area contributed by atoms with Crippen LogP contribution in [0.1, 0.15) is 32.8 Å². The highest BCUT2D eigenvalue weighted by Crippen LogP contribution is 2.31. The van der Waals surface area contributed by atoms with Crippen molar-refractivity contribution in [3.05, 3.63) is 65.4 Å². The van der Waals surface area contributed by atoms with E-state index in [1.54, 1.807) is 24.3 Å². The average Bonchev–Trinajstić information content (AvgIpc) is 2.99. The Morgan fingerprint density at radius 2 is 1.69 bits per heavy atom. The molecule has 6 nitrogen and oxygen atoms in total. The number of ether oxygens (including phenoxy) is 2. The smallest absolute Gasteiger partial charge is 0.278 e. The van der Waals surface area contributed by atoms with E-state index in [0.29, 0.717) is 17.9 Å². The van der Waals surface area contributed by atoms with Crippen molar-refractivity contribution < 1.29 is 27.8 Å². The maximum atomic E-state index is 13.7. The molecule has 170 valence electrons. The number of nitrogens with one attached hydrogen (secondary N) is 1. The topological polar surface area (TPSA) is 67.9 Å². The second-order valence-electron chi connectivity index (χ2n) is 7.56. The summed E-state index contributed by atoms with van der Waals surface area (Å²) in [4.78, 5) is 27.3. The van der Waals surface area contributed by atoms with Gasteiger partial charge in [0.05, 0.1) is 31.4 Å². The highest BCUT2D eigenvalue weighted by Gasteiger charge is 2.39. The van der Waals surface area contributed by atoms with Crippen molar-refractivity contribution in [2.75, 3.05) is 25.1 Å². The third-order valence-electron chi connectivity index (χ3n) is 4.74. The molecule has 0 radical (unpaired) electrons. The molecule has 1 N–H and O–H groups in total. The minimum atomic E-state index is -1.06. The Labute approximate surface area is 185 Å². The van der Waals surface area contributed by atoms with Crippen LogP contribution in [0.15, 0.2) is 48.2 Å². The molecule has 1 aliphatic heterocycles. The fourth-order valence-corrected chi connectivity index (χ4v) is 3.20. The number of imide groups is 1. The largest absolute Gasteiger partial charge is 0.494 e. The van der Waals surface area contributed by atoms with Gasteiger partial charge in [-0.3, -0.25) is 14.5 Å². The van der Waals surface area contributed by atoms with Crippen LogP contribution >= 0.6 is 0 Å². The average molecular weight is 444 g/mol. The van der Waals surface area contributed by atoms with Crippen LogP contribution < -0.4 is 10.1 Å². The van der Waals surface area contributed by atoms with Gasteiger partial charge in [-0.25, -0.2) is 8.78 Å². The predicted octanol–water partition coefficient (Wildman–Crippen LogP) is 4.37. The number of hydrogen-bond acceptors (Lipinski definition) is 5. The van der Waals surface area contributed by atoms with E-state index in [0.717, 1.165) is 23.5 Å². The summed E-state index contributed by atoms with van der Waals surface area (Å²) in [5.41, 5.74) is 0.796. The highest BCUT2D eigenvalue weighted by molar-refractivity contribution is 6.36. The molecule has 0 aliphatic carbocycles. The molecule has 0 unspecified atom stereocenters. The maximum Gasteiger partial charge on any atom is 0.278 e. The molecule has 1 heterocycles. The molecule has 0 atom stereocenters. The van der Waals surface area contributed by atoms with E-state index in [1.807, 2.05) is 20.8 Å². The summed E-state index contributed by atoms with van der Waals surface area (Å²) in [6.45, 7) is 6.53. The van der Waals surface area contributed by atoms with Crippen LogP contribution in [0.4, 0.5) is 14.5 Å². The molecule has 2 aromatic rings. The standard InChI is InChI=1S/C24H26F2N2O4/c1-4-12-32-18-8-5-16(6-9-18)21-22(27-17-7-10-19(25)20(26)14-17)24(30)28(23(21)29)11-13-31-15(2)3/h5-10,14-15,27H,4,11-13H2,1-3H3. The molecule has 0 spiro atoms. The number of carbonyl (C=O) groups is 2. The Bertz CT molecular complexity index is 1020. The zero-order valence-corrected chi connectivity index (χ0v) is 18.3. The number of nitrogens with zero attached hydrogens (tertiary/aromatic N) is 1. The van der Waals surface area contributed by atoms with Gasteiger partial charge < -0.3 is 14.8 Å². The van der Waals surface area contributed by atoms with E-state index in [-0.39, 0.29) is 36.2 Å². The first-order valence-electron chi connectivity index (χ1n) is 10.5. The summed E-state index contributed by atoms with van der Waals surface area (Å²) in [6, 6.07) is 9.99. The normalized spacial score (nSPS) is 14.0. The van der Waals surface area contributed by atoms with Crippen LogP contribution in [0.25, 0.3) is 5.57 Å². The molecule has 1 aliphatic rings. The number of benzene rings is 2. The molecule has 32 heavy (non-hydrogen) atoms. The Morgan fingerprint density at radius 3 is 2.31 bits per heavy atom. The summed E-state index contributed by atoms with van der Waals surface area (Å²) in [5, 5.41) is 2.80. The van der Waals surface area contributed by atoms with Gasteiger partial charge >= 0.3 is 0 Å². The van der Waals surface area contributed by atoms with Crippen molar-refractivity contribution in [1.29, 1.82) is 0 Å². The van der Waals surface area contributed by atoms with Crippen molar-refractivity contribution in [1.82, 2.24) is 4.90 Å². The molecular weight excluding hydrogens is 418 g/mol. The molecular formula is C24H26F2N2O4. The minimum Gasteiger partial charge on any atom is -0.494 e. The lowest BCUT2D eigenvalue weighted by molar-refractivity contribution is -0.137. The number of rotatable bonds is 10. The summed E-state index contributed by atoms with van der Waals surface area (Å²) < 4.78 is 38.1. The zero-order chi connectivity index (χ0) is 23.3. The molecule has 2 amide bonds. The summed E-state index contributed by atoms with van der Waals surface area (Å²) in [7, 11) is 0. The molecule has 0 aromatic heterocycles. The molecule has 8 heteroatoms. The number of halogens is 2. The lowest BCUT2D eigenvalue weighted by atomic mass is 10.0. The third-order valence-corrected chi connectivity index (χ3v) is 4.74. The van der Waals surface area contributed by atoms with Crippen LogP contribution in [0.3, 0.4) is 0 Å². The molecule has 2 aromatic carbocycles. The first-order valence-corrected chi connectivity index (χ1v) is 10.5. The van der Waals surface area contributed by atoms with Crippen molar-refractivity contribution in [3.8, 4) is 5.75 Å². The Morgan fingerprint density at radius 1 is 0.969 bits per heavy atom. The summed E-state index contributed by atoms with van der Waals surface area (Å²) in [5.74, 6) is -2.48. The van der Waals surface area contributed by atoms with Crippen LogP contribution in [0.5, 0.6) is 5.75 Å². The minimum absolute atomic E-state index is 0.00668. The Kier molecular flexibility index (Phi) is 7.58. The monoisotopic (exact) mass is 444 g/mol. The van der Waals surface area contributed by atoms with Crippen molar-refractivity contribution in [3.63, 3.8) is 0 Å². The van der Waals surface area contributed by atoms with Gasteiger partial charge in [-0.15, -0.1) is 0 Å². The second-order valence-corrected chi connectivity index (χ2v) is 7.56. The number of anilines is 1. The zero-order valence-electron chi connectivity index (χ0n) is 18.3. The predicted molar refractivity (Wildman–Crippen MR) is 117 cm³/mol. The van der Waals surface area contributed by atoms with Crippen molar-refractivity contribution >= 4 is 23.1 Å². The molecule has 3 rings (SSSR count). The quantitative estimate of drug-likeness (QED) is 0.551. The molecule has 0 fully saturated rings. The fourth-order valence-electron chi connectivity index (χ4n) is 3.20. The highest BCUT2D eigenvalue weighted by atomic mass is 19.2. The maximum absolute atomic E-state index is 13.7. The Balaban J connectivity index is 1.94. The molecule has 0 saturated carbocycles. The van der Waals surface area contributed by atoms with E-state index in [1.165, 1.54) is 6.07 Å². The second kappa shape index (κ2) is 10.4. The lowest BCUT2D eigenvalue weighted by Crippen LogP contribution is -2.35. The number of carbonyl (C=O) groups excluding carboxylic acids is 2. The van der Waals surface area contributed by atoms with Gasteiger partial charge in [0.1, 0.15) is 11.4 Å². The lowest BCUT2D eigenvalue weighted by Gasteiger charge is -2.16. The van der Waals surface area contributed by atoms with Crippen LogP contribution in [0.2, 0.25) is 0 Å². The van der Waals surface area contributed by atoms with E-state index >= 15 is 0 Å². The fraction of sp³-hybridized carbons (Fsp3) is 0.333. The van der Waals surface area contributed by atoms with Crippen LogP contribution in [-0.2, 0) is 14.3 Å². The van der Waals surface area contributed by atoms with Crippen molar-refractivity contribution in [2.45, 2.75) is 33.3 Å². The number of hydrogen-bond donors (Lipinski definition) is 1. The van der Waals surface area contributed by atoms with E-state index in [9.17, 15) is 18.4 Å². The van der Waals surface area contributed by atoms with Gasteiger partial charge in [0, 0.05) is 11.8 Å². The van der Waals surface area contributed by atoms with E-state index in [2.05, 4.69) is 5.32 Å². The first-order chi connectivity index (χ1) is 15.3. The van der Waals surface area contributed by atoms with Gasteiger partial charge in [0.25, 0.3) is 11.8 Å².